The van der Waals surface area contributed by atoms with E-state index >= 15 is 0 Å². The minimum atomic E-state index is 0.0995. The van der Waals surface area contributed by atoms with E-state index in [1.54, 1.807) is 12.2 Å². The van der Waals surface area contributed by atoms with Crippen molar-refractivity contribution in [2.75, 3.05) is 13.1 Å². The van der Waals surface area contributed by atoms with Crippen LogP contribution in [0.5, 0.6) is 0 Å². The molecule has 0 rings (SSSR count). The third-order valence-electron chi connectivity index (χ3n) is 1.73. The lowest BCUT2D eigenvalue weighted by Gasteiger charge is -2.17. The topological polar surface area (TPSA) is 20.3 Å². The van der Waals surface area contributed by atoms with E-state index in [9.17, 15) is 4.79 Å². The monoisotopic (exact) mass is 181 g/mol. The third-order valence-corrected chi connectivity index (χ3v) is 1.73. The standard InChI is InChI=1S/C11H19NO/c1-4-7-8-9-11(13)12(6-3)10-5-2/h4,7-9H,5-6,10H2,1-3H3/b7-4+,9-8+. The van der Waals surface area contributed by atoms with Gasteiger partial charge in [0.1, 0.15) is 0 Å². The first-order chi connectivity index (χ1) is 6.26. The Morgan fingerprint density at radius 1 is 1.31 bits per heavy atom. The van der Waals surface area contributed by atoms with Gasteiger partial charge in [0, 0.05) is 19.2 Å². The Hall–Kier alpha value is -1.05. The van der Waals surface area contributed by atoms with Crippen molar-refractivity contribution >= 4 is 5.91 Å². The Morgan fingerprint density at radius 3 is 2.46 bits per heavy atom. The molecule has 0 bridgehead atoms. The maximum atomic E-state index is 11.4. The second-order valence-corrected chi connectivity index (χ2v) is 2.80. The summed E-state index contributed by atoms with van der Waals surface area (Å²) < 4.78 is 0. The first kappa shape index (κ1) is 11.9. The maximum Gasteiger partial charge on any atom is 0.246 e. The lowest BCUT2D eigenvalue weighted by Crippen LogP contribution is -2.29. The fraction of sp³-hybridized carbons (Fsp3) is 0.545. The van der Waals surface area contributed by atoms with Crippen LogP contribution in [0.2, 0.25) is 0 Å². The summed E-state index contributed by atoms with van der Waals surface area (Å²) in [5.41, 5.74) is 0. The maximum absolute atomic E-state index is 11.4. The third kappa shape index (κ3) is 5.23. The average molecular weight is 181 g/mol. The van der Waals surface area contributed by atoms with E-state index in [2.05, 4.69) is 6.92 Å². The van der Waals surface area contributed by atoms with Crippen molar-refractivity contribution in [2.45, 2.75) is 27.2 Å². The van der Waals surface area contributed by atoms with E-state index in [-0.39, 0.29) is 5.91 Å². The molecular formula is C11H19NO. The van der Waals surface area contributed by atoms with Gasteiger partial charge < -0.3 is 4.90 Å². The summed E-state index contributed by atoms with van der Waals surface area (Å²) in [6.45, 7) is 7.63. The molecule has 74 valence electrons. The van der Waals surface area contributed by atoms with Crippen molar-refractivity contribution in [3.63, 3.8) is 0 Å². The van der Waals surface area contributed by atoms with Gasteiger partial charge in [-0.15, -0.1) is 0 Å². The largest absolute Gasteiger partial charge is 0.339 e. The Labute approximate surface area is 80.9 Å². The molecule has 0 radical (unpaired) electrons. The minimum Gasteiger partial charge on any atom is -0.339 e. The highest BCUT2D eigenvalue weighted by Crippen LogP contribution is 1.93. The van der Waals surface area contributed by atoms with Gasteiger partial charge in [0.2, 0.25) is 5.91 Å². The fourth-order valence-electron chi connectivity index (χ4n) is 1.05. The van der Waals surface area contributed by atoms with Crippen LogP contribution in [0.3, 0.4) is 0 Å². The number of carbonyl (C=O) groups is 1. The van der Waals surface area contributed by atoms with Crippen LogP contribution in [0.15, 0.2) is 24.3 Å². The molecule has 0 aromatic rings. The van der Waals surface area contributed by atoms with Crippen molar-refractivity contribution in [3.8, 4) is 0 Å². The predicted octanol–water partition coefficient (Wildman–Crippen LogP) is 2.38. The lowest BCUT2D eigenvalue weighted by atomic mass is 10.3. The van der Waals surface area contributed by atoms with Gasteiger partial charge >= 0.3 is 0 Å². The second kappa shape index (κ2) is 7.59. The molecule has 0 spiro atoms. The molecule has 1 amide bonds. The zero-order chi connectivity index (χ0) is 10.1. The Bertz CT molecular complexity index is 194. The van der Waals surface area contributed by atoms with Gasteiger partial charge in [0.25, 0.3) is 0 Å². The van der Waals surface area contributed by atoms with Crippen molar-refractivity contribution in [3.05, 3.63) is 24.3 Å². The summed E-state index contributed by atoms with van der Waals surface area (Å²) in [6.07, 6.45) is 8.16. The second-order valence-electron chi connectivity index (χ2n) is 2.80. The first-order valence-electron chi connectivity index (χ1n) is 4.84. The van der Waals surface area contributed by atoms with Crippen LogP contribution >= 0.6 is 0 Å². The van der Waals surface area contributed by atoms with Crippen LogP contribution < -0.4 is 0 Å². The van der Waals surface area contributed by atoms with Crippen molar-refractivity contribution in [1.82, 2.24) is 4.90 Å². The van der Waals surface area contributed by atoms with E-state index in [1.807, 2.05) is 30.9 Å². The number of nitrogens with zero attached hydrogens (tertiary/aromatic N) is 1. The molecule has 0 unspecified atom stereocenters. The van der Waals surface area contributed by atoms with Crippen molar-refractivity contribution < 1.29 is 4.79 Å². The highest BCUT2D eigenvalue weighted by Gasteiger charge is 2.04. The fourth-order valence-corrected chi connectivity index (χ4v) is 1.05. The van der Waals surface area contributed by atoms with Crippen molar-refractivity contribution in [2.24, 2.45) is 0 Å². The molecular weight excluding hydrogens is 162 g/mol. The van der Waals surface area contributed by atoms with Crippen LogP contribution in [-0.2, 0) is 4.79 Å². The number of rotatable bonds is 5. The molecule has 0 saturated heterocycles. The minimum absolute atomic E-state index is 0.0995. The molecule has 0 aromatic carbocycles. The van der Waals surface area contributed by atoms with Crippen LogP contribution in [0.25, 0.3) is 0 Å². The molecule has 0 saturated carbocycles. The smallest absolute Gasteiger partial charge is 0.246 e. The van der Waals surface area contributed by atoms with E-state index in [0.29, 0.717) is 0 Å². The molecule has 13 heavy (non-hydrogen) atoms. The summed E-state index contributed by atoms with van der Waals surface area (Å²) in [4.78, 5) is 13.3. The number of likely N-dealkylation sites (N-methyl/N-ethyl adjacent to an activating group) is 1. The Kier molecular flexibility index (Phi) is 6.98. The molecule has 0 N–H and O–H groups in total. The number of hydrogen-bond acceptors (Lipinski definition) is 1. The zero-order valence-electron chi connectivity index (χ0n) is 8.79. The number of hydrogen-bond donors (Lipinski definition) is 0. The van der Waals surface area contributed by atoms with Gasteiger partial charge in [-0.3, -0.25) is 4.79 Å². The van der Waals surface area contributed by atoms with E-state index in [1.165, 1.54) is 0 Å². The summed E-state index contributed by atoms with van der Waals surface area (Å²) in [5, 5.41) is 0. The van der Waals surface area contributed by atoms with Gasteiger partial charge in [-0.05, 0) is 20.3 Å². The highest BCUT2D eigenvalue weighted by atomic mass is 16.2. The quantitative estimate of drug-likeness (QED) is 0.471. The van der Waals surface area contributed by atoms with Crippen LogP contribution in [0.1, 0.15) is 27.2 Å². The van der Waals surface area contributed by atoms with Crippen LogP contribution in [0, 0.1) is 0 Å². The van der Waals surface area contributed by atoms with Crippen molar-refractivity contribution in [1.29, 1.82) is 0 Å². The molecule has 0 aromatic heterocycles. The number of allylic oxidation sites excluding steroid dienone is 3. The van der Waals surface area contributed by atoms with Crippen LogP contribution in [-0.4, -0.2) is 23.9 Å². The summed E-state index contributed by atoms with van der Waals surface area (Å²) in [6, 6.07) is 0. The zero-order valence-corrected chi connectivity index (χ0v) is 8.79. The lowest BCUT2D eigenvalue weighted by molar-refractivity contribution is -0.125. The van der Waals surface area contributed by atoms with E-state index in [4.69, 9.17) is 0 Å². The molecule has 2 heteroatoms. The highest BCUT2D eigenvalue weighted by molar-refractivity contribution is 5.87. The molecule has 0 aliphatic heterocycles. The summed E-state index contributed by atoms with van der Waals surface area (Å²) in [7, 11) is 0. The molecule has 0 aliphatic rings. The van der Waals surface area contributed by atoms with E-state index < -0.39 is 0 Å². The van der Waals surface area contributed by atoms with Gasteiger partial charge in [0.15, 0.2) is 0 Å². The molecule has 0 fully saturated rings. The average Bonchev–Trinajstić information content (AvgIpc) is 2.14. The predicted molar refractivity (Wildman–Crippen MR) is 56.5 cm³/mol. The Balaban J connectivity index is 4.04. The Morgan fingerprint density at radius 2 is 2.00 bits per heavy atom. The SMILES string of the molecule is C/C=C/C=C/C(=O)N(CC)CCC. The molecule has 0 atom stereocenters. The van der Waals surface area contributed by atoms with Crippen LogP contribution in [0.4, 0.5) is 0 Å². The molecule has 2 nitrogen and oxygen atoms in total. The first-order valence-corrected chi connectivity index (χ1v) is 4.84. The van der Waals surface area contributed by atoms with E-state index in [0.717, 1.165) is 19.5 Å². The van der Waals surface area contributed by atoms with Gasteiger partial charge in [0.05, 0.1) is 0 Å². The number of amides is 1. The number of carbonyl (C=O) groups excluding carboxylic acids is 1. The molecule has 0 heterocycles. The van der Waals surface area contributed by atoms with Gasteiger partial charge in [-0.2, -0.15) is 0 Å². The summed E-state index contributed by atoms with van der Waals surface area (Å²) >= 11 is 0. The molecule has 0 aliphatic carbocycles. The summed E-state index contributed by atoms with van der Waals surface area (Å²) in [5.74, 6) is 0.0995. The van der Waals surface area contributed by atoms with Gasteiger partial charge in [-0.25, -0.2) is 0 Å². The van der Waals surface area contributed by atoms with Gasteiger partial charge in [-0.1, -0.05) is 25.2 Å². The normalized spacial score (nSPS) is 11.3.